The normalized spacial score (nSPS) is 15.1. The molecule has 6 N–H and O–H groups in total. The molecule has 41 heavy (non-hydrogen) atoms. The maximum absolute atomic E-state index is 13.5. The number of carbonyl (C=O) groups excluding carboxylic acids is 1. The van der Waals surface area contributed by atoms with Gasteiger partial charge < -0.3 is 15.7 Å². The molecule has 4 rings (SSSR count). The number of aliphatic carboxylic acids is 1. The maximum atomic E-state index is 13.5. The van der Waals surface area contributed by atoms with Crippen LogP contribution in [0.5, 0.6) is 0 Å². The summed E-state index contributed by atoms with van der Waals surface area (Å²) in [4.78, 5) is 27.9. The van der Waals surface area contributed by atoms with E-state index in [2.05, 4.69) is 28.8 Å². The molecule has 1 aliphatic carbocycles. The maximum Gasteiger partial charge on any atom is 0.329 e. The number of carbonyl (C=O) groups is 2. The Morgan fingerprint density at radius 1 is 0.927 bits per heavy atom. The van der Waals surface area contributed by atoms with Crippen molar-refractivity contribution >= 4 is 17.7 Å². The lowest BCUT2D eigenvalue weighted by atomic mass is 9.87. The zero-order valence-electron chi connectivity index (χ0n) is 23.8. The Hall–Kier alpha value is -4.17. The van der Waals surface area contributed by atoms with E-state index >= 15 is 0 Å². The van der Waals surface area contributed by atoms with Crippen LogP contribution >= 0.6 is 0 Å². The van der Waals surface area contributed by atoms with Gasteiger partial charge in [-0.25, -0.2) is 16.2 Å². The number of nitrogens with zero attached hydrogens (tertiary/aromatic N) is 2. The van der Waals surface area contributed by atoms with Crippen molar-refractivity contribution in [3.05, 3.63) is 83.9 Å². The first kappa shape index (κ1) is 29.8. The van der Waals surface area contributed by atoms with Crippen molar-refractivity contribution < 1.29 is 14.7 Å². The Morgan fingerprint density at radius 3 is 2.20 bits per heavy atom. The zero-order valence-corrected chi connectivity index (χ0v) is 23.8. The number of hydrogen-bond donors (Lipinski definition) is 4. The SMILES string of the molecule is CCCCC(=O)N(Cc1ccc(-c2cc(-c3ccccc3)ccc2/C(N)=N/NN)cc1)C1(C(=O)O)CCCCCC1. The van der Waals surface area contributed by atoms with Crippen LogP contribution in [-0.4, -0.2) is 33.3 Å². The van der Waals surface area contributed by atoms with Crippen LogP contribution in [0.15, 0.2) is 77.9 Å². The van der Waals surface area contributed by atoms with Gasteiger partial charge in [-0.05, 0) is 59.2 Å². The summed E-state index contributed by atoms with van der Waals surface area (Å²) in [5.74, 6) is 4.69. The molecule has 3 aromatic rings. The Morgan fingerprint density at radius 2 is 1.59 bits per heavy atom. The van der Waals surface area contributed by atoms with Crippen LogP contribution in [0.2, 0.25) is 0 Å². The second-order valence-electron chi connectivity index (χ2n) is 10.8. The second-order valence-corrected chi connectivity index (χ2v) is 10.8. The number of hydrazone groups is 1. The molecule has 0 saturated heterocycles. The van der Waals surface area contributed by atoms with Crippen molar-refractivity contribution in [3.63, 3.8) is 0 Å². The number of hydrazine groups is 1. The van der Waals surface area contributed by atoms with E-state index < -0.39 is 11.5 Å². The van der Waals surface area contributed by atoms with Gasteiger partial charge in [0.1, 0.15) is 5.54 Å². The van der Waals surface area contributed by atoms with Crippen LogP contribution in [0.1, 0.15) is 75.8 Å². The second kappa shape index (κ2) is 13.9. The van der Waals surface area contributed by atoms with E-state index in [1.54, 1.807) is 4.90 Å². The van der Waals surface area contributed by atoms with Crippen molar-refractivity contribution in [2.75, 3.05) is 0 Å². The summed E-state index contributed by atoms with van der Waals surface area (Å²) in [6.07, 6.45) is 6.56. The lowest BCUT2D eigenvalue weighted by Gasteiger charge is -2.40. The molecule has 0 heterocycles. The number of benzene rings is 3. The van der Waals surface area contributed by atoms with Gasteiger partial charge in [0.15, 0.2) is 5.84 Å². The van der Waals surface area contributed by atoms with Gasteiger partial charge in [-0.15, -0.1) is 5.10 Å². The minimum Gasteiger partial charge on any atom is -0.479 e. The molecular formula is C33H41N5O3. The van der Waals surface area contributed by atoms with Crippen LogP contribution < -0.4 is 17.1 Å². The third-order valence-electron chi connectivity index (χ3n) is 8.08. The lowest BCUT2D eigenvalue weighted by Crippen LogP contribution is -2.56. The molecule has 8 nitrogen and oxygen atoms in total. The van der Waals surface area contributed by atoms with Gasteiger partial charge in [-0.3, -0.25) is 4.79 Å². The molecule has 0 bridgehead atoms. The van der Waals surface area contributed by atoms with E-state index in [-0.39, 0.29) is 18.3 Å². The number of amidine groups is 1. The third-order valence-corrected chi connectivity index (χ3v) is 8.08. The van der Waals surface area contributed by atoms with Crippen LogP contribution in [0, 0.1) is 0 Å². The van der Waals surface area contributed by atoms with Gasteiger partial charge in [0.25, 0.3) is 0 Å². The Labute approximate surface area is 242 Å². The fraction of sp³-hybridized carbons (Fsp3) is 0.364. The van der Waals surface area contributed by atoms with Crippen LogP contribution in [0.3, 0.4) is 0 Å². The Balaban J connectivity index is 1.70. The van der Waals surface area contributed by atoms with E-state index in [0.29, 0.717) is 19.3 Å². The highest BCUT2D eigenvalue weighted by Crippen LogP contribution is 2.36. The smallest absolute Gasteiger partial charge is 0.329 e. The van der Waals surface area contributed by atoms with Gasteiger partial charge in [0.05, 0.1) is 0 Å². The molecule has 0 aromatic heterocycles. The number of hydrogen-bond acceptors (Lipinski definition) is 5. The van der Waals surface area contributed by atoms with Gasteiger partial charge in [-0.1, -0.05) is 99.7 Å². The average molecular weight is 556 g/mol. The molecule has 216 valence electrons. The number of unbranched alkanes of at least 4 members (excludes halogenated alkanes) is 1. The summed E-state index contributed by atoms with van der Waals surface area (Å²) in [5, 5.41) is 14.4. The predicted molar refractivity (Wildman–Crippen MR) is 164 cm³/mol. The van der Waals surface area contributed by atoms with Gasteiger partial charge >= 0.3 is 5.97 Å². The molecular weight excluding hydrogens is 514 g/mol. The first-order valence-corrected chi connectivity index (χ1v) is 14.5. The molecule has 0 atom stereocenters. The minimum absolute atomic E-state index is 0.0867. The summed E-state index contributed by atoms with van der Waals surface area (Å²) >= 11 is 0. The first-order valence-electron chi connectivity index (χ1n) is 14.5. The largest absolute Gasteiger partial charge is 0.479 e. The molecule has 1 aliphatic rings. The highest BCUT2D eigenvalue weighted by molar-refractivity contribution is 6.04. The average Bonchev–Trinajstić information content (AvgIpc) is 3.26. The molecule has 0 unspecified atom stereocenters. The third kappa shape index (κ3) is 6.95. The number of carboxylic acid groups (broad SMARTS) is 1. The van der Waals surface area contributed by atoms with Crippen molar-refractivity contribution in [1.29, 1.82) is 0 Å². The number of amides is 1. The highest BCUT2D eigenvalue weighted by atomic mass is 16.4. The molecule has 1 saturated carbocycles. The first-order chi connectivity index (χ1) is 19.9. The van der Waals surface area contributed by atoms with Crippen molar-refractivity contribution in [1.82, 2.24) is 10.4 Å². The molecule has 0 aliphatic heterocycles. The molecule has 1 fully saturated rings. The number of nitrogens with two attached hydrogens (primary N) is 2. The van der Waals surface area contributed by atoms with Crippen molar-refractivity contribution in [3.8, 4) is 22.3 Å². The fourth-order valence-corrected chi connectivity index (χ4v) is 5.77. The molecule has 8 heteroatoms. The lowest BCUT2D eigenvalue weighted by molar-refractivity contribution is -0.161. The van der Waals surface area contributed by atoms with Gasteiger partial charge in [0, 0.05) is 18.5 Å². The number of rotatable bonds is 11. The summed E-state index contributed by atoms with van der Waals surface area (Å²) in [7, 11) is 0. The number of carboxylic acids is 1. The summed E-state index contributed by atoms with van der Waals surface area (Å²) in [6.45, 7) is 2.30. The topological polar surface area (TPSA) is 134 Å². The standard InChI is InChI=1S/C33H41N5O3/c1-2-3-13-30(39)38(33(32(40)41)20-9-4-5-10-21-33)23-24-14-16-26(17-15-24)29-22-27(25-11-7-6-8-12-25)18-19-28(29)31(34)36-37-35/h6-8,11-12,14-19,22,37H,2-5,9-10,13,20-21,23,35H2,1H3,(H2,34,36)(H,40,41). The molecule has 0 spiro atoms. The van der Waals surface area contributed by atoms with E-state index in [9.17, 15) is 14.7 Å². The highest BCUT2D eigenvalue weighted by Gasteiger charge is 2.46. The van der Waals surface area contributed by atoms with E-state index in [1.165, 1.54) is 0 Å². The van der Waals surface area contributed by atoms with Crippen LogP contribution in [0.25, 0.3) is 22.3 Å². The van der Waals surface area contributed by atoms with Crippen molar-refractivity contribution in [2.24, 2.45) is 16.7 Å². The Bertz CT molecular complexity index is 1350. The van der Waals surface area contributed by atoms with E-state index in [0.717, 1.165) is 71.9 Å². The van der Waals surface area contributed by atoms with Crippen LogP contribution in [0.4, 0.5) is 0 Å². The quantitative estimate of drug-likeness (QED) is 0.0777. The summed E-state index contributed by atoms with van der Waals surface area (Å²) in [6, 6.07) is 24.0. The van der Waals surface area contributed by atoms with Gasteiger partial charge in [0.2, 0.25) is 5.91 Å². The minimum atomic E-state index is -1.17. The Kier molecular flexibility index (Phi) is 10.1. The zero-order chi connectivity index (χ0) is 29.2. The molecule has 0 radical (unpaired) electrons. The fourth-order valence-electron chi connectivity index (χ4n) is 5.77. The van der Waals surface area contributed by atoms with Crippen LogP contribution in [-0.2, 0) is 16.1 Å². The molecule has 1 amide bonds. The summed E-state index contributed by atoms with van der Waals surface area (Å²) in [5.41, 5.74) is 12.9. The van der Waals surface area contributed by atoms with Crippen molar-refractivity contribution in [2.45, 2.75) is 76.8 Å². The van der Waals surface area contributed by atoms with E-state index in [1.807, 2.05) is 61.5 Å². The summed E-state index contributed by atoms with van der Waals surface area (Å²) < 4.78 is 0. The number of nitrogens with one attached hydrogen (secondary N) is 1. The predicted octanol–water partition coefficient (Wildman–Crippen LogP) is 5.80. The monoisotopic (exact) mass is 555 g/mol. The van der Waals surface area contributed by atoms with E-state index in [4.69, 9.17) is 11.6 Å². The van der Waals surface area contributed by atoms with Gasteiger partial charge in [-0.2, -0.15) is 0 Å². The molecule has 3 aromatic carbocycles.